The zero-order chi connectivity index (χ0) is 9.14. The Morgan fingerprint density at radius 2 is 2.25 bits per heavy atom. The fraction of sp³-hybridized carbons (Fsp3) is 0.222. The maximum absolute atomic E-state index is 12.7. The van der Waals surface area contributed by atoms with E-state index in [0.29, 0.717) is 4.47 Å². The first-order valence-corrected chi connectivity index (χ1v) is 4.34. The van der Waals surface area contributed by atoms with Gasteiger partial charge in [0.15, 0.2) is 0 Å². The minimum absolute atomic E-state index is 0.179. The Balaban J connectivity index is 3.04. The highest BCUT2D eigenvalue weighted by Gasteiger charge is 2.05. The Bertz CT molecular complexity index is 299. The fourth-order valence-electron chi connectivity index (χ4n) is 0.874. The summed E-state index contributed by atoms with van der Waals surface area (Å²) >= 11 is 3.05. The second-order valence-electron chi connectivity index (χ2n) is 2.60. The van der Waals surface area contributed by atoms with Crippen LogP contribution in [0.3, 0.4) is 0 Å². The second-order valence-corrected chi connectivity index (χ2v) is 3.45. The van der Waals surface area contributed by atoms with Gasteiger partial charge in [-0.25, -0.2) is 4.39 Å². The number of benzene rings is 1. The monoisotopic (exact) mass is 230 g/mol. The molecule has 0 aliphatic heterocycles. The molecule has 0 radical (unpaired) electrons. The molecule has 1 atom stereocenters. The SMILES string of the molecule is CC(C=O)c1ccc(F)c(Br)c1. The van der Waals surface area contributed by atoms with E-state index in [1.807, 2.05) is 0 Å². The molecule has 3 heteroatoms. The van der Waals surface area contributed by atoms with Crippen LogP contribution >= 0.6 is 15.9 Å². The van der Waals surface area contributed by atoms with E-state index in [-0.39, 0.29) is 11.7 Å². The Hall–Kier alpha value is -0.700. The molecular formula is C9H8BrFO. The zero-order valence-electron chi connectivity index (χ0n) is 6.55. The van der Waals surface area contributed by atoms with Crippen molar-refractivity contribution in [2.45, 2.75) is 12.8 Å². The molecule has 0 fully saturated rings. The standard InChI is InChI=1S/C9H8BrFO/c1-6(5-12)7-2-3-9(11)8(10)4-7/h2-6H,1H3. The van der Waals surface area contributed by atoms with Crippen LogP contribution in [-0.4, -0.2) is 6.29 Å². The molecule has 1 nitrogen and oxygen atoms in total. The van der Waals surface area contributed by atoms with Crippen LogP contribution in [0.1, 0.15) is 18.4 Å². The first-order valence-electron chi connectivity index (χ1n) is 3.55. The third-order valence-electron chi connectivity index (χ3n) is 1.67. The van der Waals surface area contributed by atoms with Crippen LogP contribution < -0.4 is 0 Å². The molecule has 64 valence electrons. The summed E-state index contributed by atoms with van der Waals surface area (Å²) in [6.45, 7) is 1.77. The van der Waals surface area contributed by atoms with Crippen molar-refractivity contribution >= 4 is 22.2 Å². The van der Waals surface area contributed by atoms with E-state index in [0.717, 1.165) is 11.8 Å². The fourth-order valence-corrected chi connectivity index (χ4v) is 1.27. The molecule has 0 aliphatic rings. The quantitative estimate of drug-likeness (QED) is 0.715. The number of aldehydes is 1. The van der Waals surface area contributed by atoms with Gasteiger partial charge >= 0.3 is 0 Å². The van der Waals surface area contributed by atoms with Gasteiger partial charge in [0.2, 0.25) is 0 Å². The highest BCUT2D eigenvalue weighted by Crippen LogP contribution is 2.21. The largest absolute Gasteiger partial charge is 0.303 e. The van der Waals surface area contributed by atoms with Gasteiger partial charge in [-0.15, -0.1) is 0 Å². The first-order chi connectivity index (χ1) is 5.65. The van der Waals surface area contributed by atoms with Crippen LogP contribution in [0.2, 0.25) is 0 Å². The predicted octanol–water partition coefficient (Wildman–Crippen LogP) is 2.89. The number of carbonyl (C=O) groups excluding carboxylic acids is 1. The topological polar surface area (TPSA) is 17.1 Å². The summed E-state index contributed by atoms with van der Waals surface area (Å²) in [6.07, 6.45) is 0.833. The Labute approximate surface area is 78.7 Å². The van der Waals surface area contributed by atoms with Crippen molar-refractivity contribution in [3.8, 4) is 0 Å². The highest BCUT2D eigenvalue weighted by atomic mass is 79.9. The lowest BCUT2D eigenvalue weighted by Gasteiger charge is -2.04. The lowest BCUT2D eigenvalue weighted by Crippen LogP contribution is -1.94. The van der Waals surface area contributed by atoms with Gasteiger partial charge in [0.1, 0.15) is 12.1 Å². The number of hydrogen-bond donors (Lipinski definition) is 0. The normalized spacial score (nSPS) is 12.6. The maximum Gasteiger partial charge on any atom is 0.137 e. The number of hydrogen-bond acceptors (Lipinski definition) is 1. The third-order valence-corrected chi connectivity index (χ3v) is 2.28. The van der Waals surface area contributed by atoms with Gasteiger partial charge in [-0.05, 0) is 33.6 Å². The van der Waals surface area contributed by atoms with Crippen molar-refractivity contribution in [1.29, 1.82) is 0 Å². The lowest BCUT2D eigenvalue weighted by molar-refractivity contribution is -0.108. The number of carbonyl (C=O) groups is 1. The summed E-state index contributed by atoms with van der Waals surface area (Å²) < 4.78 is 13.1. The van der Waals surface area contributed by atoms with E-state index in [9.17, 15) is 9.18 Å². The number of rotatable bonds is 2. The molecule has 0 aliphatic carbocycles. The summed E-state index contributed by atoms with van der Waals surface area (Å²) in [7, 11) is 0. The molecule has 1 rings (SSSR count). The summed E-state index contributed by atoms with van der Waals surface area (Å²) in [5, 5.41) is 0. The minimum atomic E-state index is -0.308. The molecule has 0 amide bonds. The van der Waals surface area contributed by atoms with Crippen LogP contribution in [0.25, 0.3) is 0 Å². The van der Waals surface area contributed by atoms with Gasteiger partial charge in [0.25, 0.3) is 0 Å². The first kappa shape index (κ1) is 9.39. The smallest absolute Gasteiger partial charge is 0.137 e. The van der Waals surface area contributed by atoms with Gasteiger partial charge in [0.05, 0.1) is 4.47 Å². The molecule has 0 saturated heterocycles. The van der Waals surface area contributed by atoms with E-state index in [1.54, 1.807) is 19.1 Å². The van der Waals surface area contributed by atoms with E-state index in [2.05, 4.69) is 15.9 Å². The molecule has 1 aromatic carbocycles. The molecular weight excluding hydrogens is 223 g/mol. The van der Waals surface area contributed by atoms with Gasteiger partial charge in [-0.1, -0.05) is 13.0 Å². The molecule has 0 N–H and O–H groups in total. The molecule has 0 aromatic heterocycles. The van der Waals surface area contributed by atoms with E-state index < -0.39 is 0 Å². The van der Waals surface area contributed by atoms with Gasteiger partial charge < -0.3 is 4.79 Å². The Morgan fingerprint density at radius 1 is 1.58 bits per heavy atom. The van der Waals surface area contributed by atoms with Crippen LogP contribution in [0.5, 0.6) is 0 Å². The number of halogens is 2. The van der Waals surface area contributed by atoms with E-state index in [1.165, 1.54) is 6.07 Å². The Kier molecular flexibility index (Phi) is 2.98. The summed E-state index contributed by atoms with van der Waals surface area (Å²) in [4.78, 5) is 10.4. The van der Waals surface area contributed by atoms with Crippen LogP contribution in [0, 0.1) is 5.82 Å². The summed E-state index contributed by atoms with van der Waals surface area (Å²) in [6, 6.07) is 4.58. The molecule has 1 aromatic rings. The average Bonchev–Trinajstić information content (AvgIpc) is 2.08. The molecule has 12 heavy (non-hydrogen) atoms. The lowest BCUT2D eigenvalue weighted by atomic mass is 10.0. The molecule has 0 heterocycles. The molecule has 0 bridgehead atoms. The predicted molar refractivity (Wildman–Crippen MR) is 48.6 cm³/mol. The van der Waals surface area contributed by atoms with E-state index >= 15 is 0 Å². The van der Waals surface area contributed by atoms with Crippen molar-refractivity contribution in [1.82, 2.24) is 0 Å². The summed E-state index contributed by atoms with van der Waals surface area (Å²) in [5.74, 6) is -0.487. The zero-order valence-corrected chi connectivity index (χ0v) is 8.14. The maximum atomic E-state index is 12.7. The highest BCUT2D eigenvalue weighted by molar-refractivity contribution is 9.10. The van der Waals surface area contributed by atoms with Gasteiger partial charge in [-0.3, -0.25) is 0 Å². The Morgan fingerprint density at radius 3 is 2.75 bits per heavy atom. The van der Waals surface area contributed by atoms with Crippen LogP contribution in [0.15, 0.2) is 22.7 Å². The van der Waals surface area contributed by atoms with Crippen molar-refractivity contribution in [2.75, 3.05) is 0 Å². The van der Waals surface area contributed by atoms with Crippen molar-refractivity contribution in [3.05, 3.63) is 34.1 Å². The van der Waals surface area contributed by atoms with Crippen LogP contribution in [-0.2, 0) is 4.79 Å². The van der Waals surface area contributed by atoms with Gasteiger partial charge in [0, 0.05) is 5.92 Å². The second kappa shape index (κ2) is 3.81. The van der Waals surface area contributed by atoms with Crippen molar-refractivity contribution < 1.29 is 9.18 Å². The average molecular weight is 231 g/mol. The molecule has 1 unspecified atom stereocenters. The molecule has 0 saturated carbocycles. The van der Waals surface area contributed by atoms with Crippen LogP contribution in [0.4, 0.5) is 4.39 Å². The summed E-state index contributed by atoms with van der Waals surface area (Å²) in [5.41, 5.74) is 0.818. The van der Waals surface area contributed by atoms with Crippen molar-refractivity contribution in [2.24, 2.45) is 0 Å². The third kappa shape index (κ3) is 1.91. The molecule has 0 spiro atoms. The van der Waals surface area contributed by atoms with E-state index in [4.69, 9.17) is 0 Å². The van der Waals surface area contributed by atoms with Gasteiger partial charge in [-0.2, -0.15) is 0 Å². The van der Waals surface area contributed by atoms with Crippen molar-refractivity contribution in [3.63, 3.8) is 0 Å². The minimum Gasteiger partial charge on any atom is -0.303 e.